The molecule has 0 unspecified atom stereocenters. The third kappa shape index (κ3) is 3.95. The molecule has 10 heteroatoms. The van der Waals surface area contributed by atoms with E-state index in [2.05, 4.69) is 10.1 Å². The zero-order valence-corrected chi connectivity index (χ0v) is 18.1. The molecule has 3 aromatic heterocycles. The van der Waals surface area contributed by atoms with Gasteiger partial charge in [0.25, 0.3) is 5.56 Å². The number of rotatable bonds is 7. The smallest absolute Gasteiger partial charge is 0.332 e. The average Bonchev–Trinajstić information content (AvgIpc) is 3.36. The lowest BCUT2D eigenvalue weighted by atomic mass is 10.1. The Morgan fingerprint density at radius 2 is 1.93 bits per heavy atom. The molecule has 0 amide bonds. The molecule has 1 aromatic carbocycles. The van der Waals surface area contributed by atoms with E-state index in [1.54, 1.807) is 36.8 Å². The molecule has 4 aromatic rings. The summed E-state index contributed by atoms with van der Waals surface area (Å²) in [4.78, 5) is 29.3. The molecule has 4 rings (SSSR count). The van der Waals surface area contributed by atoms with Crippen LogP contribution in [0.2, 0.25) is 5.02 Å². The van der Waals surface area contributed by atoms with E-state index in [1.807, 2.05) is 30.3 Å². The van der Waals surface area contributed by atoms with Crippen molar-refractivity contribution in [1.82, 2.24) is 23.8 Å². The van der Waals surface area contributed by atoms with Crippen LogP contribution in [0.5, 0.6) is 0 Å². The molecule has 0 atom stereocenters. The first-order chi connectivity index (χ1) is 14.5. The number of aryl methyl sites for hydroxylation is 2. The van der Waals surface area contributed by atoms with Crippen LogP contribution in [-0.2, 0) is 26.4 Å². The Balaban J connectivity index is 1.35. The van der Waals surface area contributed by atoms with Gasteiger partial charge < -0.3 is 9.09 Å². The molecule has 0 aliphatic rings. The van der Waals surface area contributed by atoms with E-state index in [0.717, 1.165) is 22.8 Å². The zero-order valence-electron chi connectivity index (χ0n) is 16.5. The summed E-state index contributed by atoms with van der Waals surface area (Å²) in [7, 11) is 3.38. The highest BCUT2D eigenvalue weighted by atomic mass is 35.5. The number of thioether (sulfide) groups is 1. The first-order valence-electron chi connectivity index (χ1n) is 9.36. The van der Waals surface area contributed by atoms with E-state index >= 15 is 0 Å². The summed E-state index contributed by atoms with van der Waals surface area (Å²) in [6, 6.07) is 9.33. The number of aromatic nitrogens is 5. The van der Waals surface area contributed by atoms with E-state index in [9.17, 15) is 9.59 Å². The predicted octanol–water partition coefficient (Wildman–Crippen LogP) is 3.07. The molecule has 3 heterocycles. The van der Waals surface area contributed by atoms with Crippen molar-refractivity contribution in [3.8, 4) is 11.3 Å². The number of nitrogens with zero attached hydrogens (tertiary/aromatic N) is 5. The van der Waals surface area contributed by atoms with E-state index in [1.165, 1.54) is 9.13 Å². The SMILES string of the molecule is Cn1cnc2c1c(=O)n(CCCSCc1cc(-c3ccc(Cl)cc3)no1)c(=O)n2C. The summed E-state index contributed by atoms with van der Waals surface area (Å²) in [6.07, 6.45) is 2.22. The van der Waals surface area contributed by atoms with Crippen LogP contribution in [0.1, 0.15) is 12.2 Å². The maximum atomic E-state index is 12.7. The summed E-state index contributed by atoms with van der Waals surface area (Å²) in [6.45, 7) is 0.353. The van der Waals surface area contributed by atoms with Gasteiger partial charge in [-0.05, 0) is 24.3 Å². The number of hydrogen-bond acceptors (Lipinski definition) is 6. The minimum atomic E-state index is -0.348. The first kappa shape index (κ1) is 20.5. The molecular weight excluding hydrogens is 426 g/mol. The van der Waals surface area contributed by atoms with Gasteiger partial charge in [-0.25, -0.2) is 9.78 Å². The highest BCUT2D eigenvalue weighted by Gasteiger charge is 2.14. The minimum absolute atomic E-state index is 0.305. The van der Waals surface area contributed by atoms with Crippen LogP contribution in [0.15, 0.2) is 50.8 Å². The molecule has 156 valence electrons. The Labute approximate surface area is 181 Å². The molecule has 0 saturated heterocycles. The van der Waals surface area contributed by atoms with Crippen molar-refractivity contribution in [3.63, 3.8) is 0 Å². The summed E-state index contributed by atoms with van der Waals surface area (Å²) >= 11 is 7.58. The quantitative estimate of drug-likeness (QED) is 0.406. The van der Waals surface area contributed by atoms with Crippen LogP contribution in [0.3, 0.4) is 0 Å². The highest BCUT2D eigenvalue weighted by Crippen LogP contribution is 2.23. The third-order valence-corrected chi connectivity index (χ3v) is 6.13. The molecule has 0 bridgehead atoms. The minimum Gasteiger partial charge on any atom is -0.360 e. The van der Waals surface area contributed by atoms with E-state index in [-0.39, 0.29) is 11.2 Å². The monoisotopic (exact) mass is 445 g/mol. The molecule has 0 aliphatic heterocycles. The second-order valence-corrected chi connectivity index (χ2v) is 8.46. The summed E-state index contributed by atoms with van der Waals surface area (Å²) in [5.74, 6) is 2.21. The second kappa shape index (κ2) is 8.53. The number of imidazole rings is 1. The van der Waals surface area contributed by atoms with Crippen LogP contribution < -0.4 is 11.2 Å². The molecular formula is C20H20ClN5O3S. The molecule has 0 N–H and O–H groups in total. The van der Waals surface area contributed by atoms with Crippen LogP contribution in [0.4, 0.5) is 0 Å². The van der Waals surface area contributed by atoms with Crippen molar-refractivity contribution in [1.29, 1.82) is 0 Å². The Bertz CT molecular complexity index is 1300. The van der Waals surface area contributed by atoms with Gasteiger partial charge in [0, 0.05) is 37.3 Å². The van der Waals surface area contributed by atoms with Gasteiger partial charge in [0.1, 0.15) is 11.5 Å². The maximum absolute atomic E-state index is 12.7. The van der Waals surface area contributed by atoms with Crippen molar-refractivity contribution >= 4 is 34.5 Å². The van der Waals surface area contributed by atoms with Crippen LogP contribution in [-0.4, -0.2) is 29.6 Å². The summed E-state index contributed by atoms with van der Waals surface area (Å²) in [5.41, 5.74) is 1.89. The largest absolute Gasteiger partial charge is 0.360 e. The first-order valence-corrected chi connectivity index (χ1v) is 10.9. The second-order valence-electron chi connectivity index (χ2n) is 6.92. The molecule has 0 saturated carbocycles. The number of fused-ring (bicyclic) bond motifs is 1. The third-order valence-electron chi connectivity index (χ3n) is 4.81. The van der Waals surface area contributed by atoms with Gasteiger partial charge in [-0.2, -0.15) is 11.8 Å². The van der Waals surface area contributed by atoms with Crippen molar-refractivity contribution in [2.45, 2.75) is 18.7 Å². The summed E-state index contributed by atoms with van der Waals surface area (Å²) in [5, 5.41) is 4.77. The van der Waals surface area contributed by atoms with Crippen molar-refractivity contribution < 1.29 is 4.52 Å². The van der Waals surface area contributed by atoms with Crippen LogP contribution >= 0.6 is 23.4 Å². The van der Waals surface area contributed by atoms with Gasteiger partial charge in [0.05, 0.1) is 12.1 Å². The molecule has 0 aliphatic carbocycles. The Morgan fingerprint density at radius 1 is 1.17 bits per heavy atom. The number of hydrogen-bond donors (Lipinski definition) is 0. The normalized spacial score (nSPS) is 11.4. The van der Waals surface area contributed by atoms with E-state index < -0.39 is 0 Å². The number of halogens is 1. The zero-order chi connectivity index (χ0) is 21.3. The van der Waals surface area contributed by atoms with E-state index in [4.69, 9.17) is 16.1 Å². The fourth-order valence-electron chi connectivity index (χ4n) is 3.23. The van der Waals surface area contributed by atoms with Gasteiger partial charge in [-0.15, -0.1) is 0 Å². The molecule has 0 fully saturated rings. The Kier molecular flexibility index (Phi) is 5.83. The lowest BCUT2D eigenvalue weighted by Gasteiger charge is -2.08. The Morgan fingerprint density at radius 3 is 2.70 bits per heavy atom. The molecule has 8 nitrogen and oxygen atoms in total. The van der Waals surface area contributed by atoms with Crippen LogP contribution in [0, 0.1) is 0 Å². The number of benzene rings is 1. The molecule has 0 spiro atoms. The standard InChI is InChI=1S/C20H20ClN5O3S/c1-24-12-22-18-17(24)19(27)26(20(28)25(18)2)8-3-9-30-11-15-10-16(23-29-15)13-4-6-14(21)7-5-13/h4-7,10,12H,3,8-9,11H2,1-2H3. The predicted molar refractivity (Wildman–Crippen MR) is 118 cm³/mol. The van der Waals surface area contributed by atoms with Crippen molar-refractivity contribution in [2.75, 3.05) is 5.75 Å². The topological polar surface area (TPSA) is 87.8 Å². The van der Waals surface area contributed by atoms with Gasteiger partial charge in [0.2, 0.25) is 0 Å². The molecule has 30 heavy (non-hydrogen) atoms. The summed E-state index contributed by atoms with van der Waals surface area (Å²) < 4.78 is 9.73. The van der Waals surface area contributed by atoms with Gasteiger partial charge in [-0.3, -0.25) is 13.9 Å². The van der Waals surface area contributed by atoms with E-state index in [0.29, 0.717) is 34.9 Å². The van der Waals surface area contributed by atoms with Gasteiger partial charge in [-0.1, -0.05) is 28.9 Å². The van der Waals surface area contributed by atoms with Crippen LogP contribution in [0.25, 0.3) is 22.4 Å². The van der Waals surface area contributed by atoms with Crippen molar-refractivity contribution in [2.24, 2.45) is 14.1 Å². The highest BCUT2D eigenvalue weighted by molar-refractivity contribution is 7.98. The van der Waals surface area contributed by atoms with Crippen molar-refractivity contribution in [3.05, 3.63) is 68.3 Å². The fourth-order valence-corrected chi connectivity index (χ4v) is 4.17. The average molecular weight is 446 g/mol. The van der Waals surface area contributed by atoms with Gasteiger partial charge in [0.15, 0.2) is 11.2 Å². The maximum Gasteiger partial charge on any atom is 0.332 e. The molecule has 0 radical (unpaired) electrons. The lowest BCUT2D eigenvalue weighted by Crippen LogP contribution is -2.39. The van der Waals surface area contributed by atoms with Gasteiger partial charge >= 0.3 is 5.69 Å². The fraction of sp³-hybridized carbons (Fsp3) is 0.300. The lowest BCUT2D eigenvalue weighted by molar-refractivity contribution is 0.397. The Hall–Kier alpha value is -2.78.